The van der Waals surface area contributed by atoms with Crippen LogP contribution in [-0.2, 0) is 14.8 Å². The zero-order valence-corrected chi connectivity index (χ0v) is 17.4. The third-order valence-corrected chi connectivity index (χ3v) is 7.23. The van der Waals surface area contributed by atoms with Crippen LogP contribution in [0.3, 0.4) is 0 Å². The fourth-order valence-electron chi connectivity index (χ4n) is 3.92. The lowest BCUT2D eigenvalue weighted by molar-refractivity contribution is -0.129. The third-order valence-electron chi connectivity index (χ3n) is 5.92. The molecule has 3 rings (SSSR count). The summed E-state index contributed by atoms with van der Waals surface area (Å²) < 4.78 is 27.4. The van der Waals surface area contributed by atoms with Crippen LogP contribution in [0.1, 0.15) is 58.3 Å². The summed E-state index contributed by atoms with van der Waals surface area (Å²) >= 11 is 0. The Morgan fingerprint density at radius 2 is 1.58 bits per heavy atom. The van der Waals surface area contributed by atoms with Crippen molar-refractivity contribution in [3.8, 4) is 0 Å². The van der Waals surface area contributed by atoms with E-state index in [1.165, 1.54) is 12.8 Å². The summed E-state index contributed by atoms with van der Waals surface area (Å²) in [6.45, 7) is 4.63. The number of hydrogen-bond donors (Lipinski definition) is 2. The molecule has 0 spiro atoms. The van der Waals surface area contributed by atoms with Gasteiger partial charge in [0, 0.05) is 25.2 Å². The standard InChI is InChI=1S/C18H33N3O3S.ClH/c1-14-2-6-17(7-3-14)20-25(23,24)13-18(22)21-10-8-16(9-11-21)19-12-15-4-5-15;/h14-17,19-20H,2-13H2,1H3;1H. The van der Waals surface area contributed by atoms with Crippen molar-refractivity contribution in [2.75, 3.05) is 25.4 Å². The molecule has 0 aromatic heterocycles. The van der Waals surface area contributed by atoms with Crippen molar-refractivity contribution in [2.24, 2.45) is 11.8 Å². The highest BCUT2D eigenvalue weighted by atomic mass is 35.5. The molecular formula is C18H34ClN3O3S. The van der Waals surface area contributed by atoms with Crippen LogP contribution < -0.4 is 10.0 Å². The fourth-order valence-corrected chi connectivity index (χ4v) is 5.25. The maximum atomic E-state index is 12.4. The first-order valence-electron chi connectivity index (χ1n) is 9.92. The Bertz CT molecular complexity index is 552. The van der Waals surface area contributed by atoms with Crippen LogP contribution >= 0.6 is 12.4 Å². The minimum absolute atomic E-state index is 0. The number of piperidine rings is 1. The molecule has 3 aliphatic rings. The molecule has 2 N–H and O–H groups in total. The number of amides is 1. The van der Waals surface area contributed by atoms with Crippen molar-refractivity contribution in [3.05, 3.63) is 0 Å². The van der Waals surface area contributed by atoms with E-state index in [0.717, 1.165) is 51.0 Å². The summed E-state index contributed by atoms with van der Waals surface area (Å²) in [6, 6.07) is 0.481. The van der Waals surface area contributed by atoms with Gasteiger partial charge in [0.15, 0.2) is 0 Å². The first-order chi connectivity index (χ1) is 11.9. The number of nitrogens with zero attached hydrogens (tertiary/aromatic N) is 1. The van der Waals surface area contributed by atoms with Crippen LogP contribution in [0.4, 0.5) is 0 Å². The van der Waals surface area contributed by atoms with Gasteiger partial charge in [-0.25, -0.2) is 13.1 Å². The van der Waals surface area contributed by atoms with E-state index in [1.54, 1.807) is 4.90 Å². The molecule has 0 radical (unpaired) electrons. The molecule has 1 aliphatic heterocycles. The van der Waals surface area contributed by atoms with Gasteiger partial charge < -0.3 is 10.2 Å². The van der Waals surface area contributed by atoms with Crippen LogP contribution in [0.25, 0.3) is 0 Å². The van der Waals surface area contributed by atoms with E-state index >= 15 is 0 Å². The Morgan fingerprint density at radius 3 is 2.15 bits per heavy atom. The van der Waals surface area contributed by atoms with Gasteiger partial charge >= 0.3 is 0 Å². The van der Waals surface area contributed by atoms with Crippen LogP contribution in [0, 0.1) is 11.8 Å². The lowest BCUT2D eigenvalue weighted by Crippen LogP contribution is -2.48. The summed E-state index contributed by atoms with van der Waals surface area (Å²) in [5.41, 5.74) is 0. The van der Waals surface area contributed by atoms with Crippen molar-refractivity contribution in [1.29, 1.82) is 0 Å². The monoisotopic (exact) mass is 407 g/mol. The van der Waals surface area contributed by atoms with Gasteiger partial charge in [-0.2, -0.15) is 0 Å². The van der Waals surface area contributed by atoms with Crippen molar-refractivity contribution in [3.63, 3.8) is 0 Å². The van der Waals surface area contributed by atoms with Crippen molar-refractivity contribution < 1.29 is 13.2 Å². The minimum atomic E-state index is -3.53. The highest BCUT2D eigenvalue weighted by molar-refractivity contribution is 7.90. The molecule has 0 unspecified atom stereocenters. The number of sulfonamides is 1. The minimum Gasteiger partial charge on any atom is -0.342 e. The van der Waals surface area contributed by atoms with E-state index in [1.807, 2.05) is 0 Å². The molecular weight excluding hydrogens is 374 g/mol. The quantitative estimate of drug-likeness (QED) is 0.675. The molecule has 0 aromatic rings. The van der Waals surface area contributed by atoms with Crippen LogP contribution in [0.15, 0.2) is 0 Å². The molecule has 2 saturated carbocycles. The van der Waals surface area contributed by atoms with Gasteiger partial charge in [0.05, 0.1) is 0 Å². The molecule has 6 nitrogen and oxygen atoms in total. The summed E-state index contributed by atoms with van der Waals surface area (Å²) in [7, 11) is -3.53. The number of nitrogens with one attached hydrogen (secondary N) is 2. The smallest absolute Gasteiger partial charge is 0.239 e. The highest BCUT2D eigenvalue weighted by Gasteiger charge is 2.29. The van der Waals surface area contributed by atoms with E-state index in [-0.39, 0.29) is 24.4 Å². The maximum absolute atomic E-state index is 12.4. The number of rotatable bonds is 7. The number of halogens is 1. The number of hydrogen-bond acceptors (Lipinski definition) is 4. The van der Waals surface area contributed by atoms with Crippen LogP contribution in [0.5, 0.6) is 0 Å². The van der Waals surface area contributed by atoms with Gasteiger partial charge in [0.2, 0.25) is 15.9 Å². The third kappa shape index (κ3) is 6.98. The largest absolute Gasteiger partial charge is 0.342 e. The molecule has 0 atom stereocenters. The highest BCUT2D eigenvalue weighted by Crippen LogP contribution is 2.28. The molecule has 1 amide bonds. The summed E-state index contributed by atoms with van der Waals surface area (Å²) in [5, 5.41) is 3.58. The fraction of sp³-hybridized carbons (Fsp3) is 0.944. The van der Waals surface area contributed by atoms with Crippen LogP contribution in [-0.4, -0.2) is 56.7 Å². The van der Waals surface area contributed by atoms with E-state index in [2.05, 4.69) is 17.0 Å². The lowest BCUT2D eigenvalue weighted by atomic mass is 9.88. The molecule has 2 aliphatic carbocycles. The SMILES string of the molecule is CC1CCC(NS(=O)(=O)CC(=O)N2CCC(NCC3CC3)CC2)CC1.Cl. The predicted molar refractivity (Wildman–Crippen MR) is 106 cm³/mol. The van der Waals surface area contributed by atoms with Crippen LogP contribution in [0.2, 0.25) is 0 Å². The number of likely N-dealkylation sites (tertiary alicyclic amines) is 1. The first-order valence-corrected chi connectivity index (χ1v) is 11.6. The number of carbonyl (C=O) groups is 1. The van der Waals surface area contributed by atoms with Crippen molar-refractivity contribution >= 4 is 28.3 Å². The lowest BCUT2D eigenvalue weighted by Gasteiger charge is -2.33. The van der Waals surface area contributed by atoms with Gasteiger partial charge in [0.25, 0.3) is 0 Å². The zero-order valence-electron chi connectivity index (χ0n) is 15.8. The second-order valence-electron chi connectivity index (χ2n) is 8.34. The molecule has 8 heteroatoms. The Balaban J connectivity index is 0.00000243. The second kappa shape index (κ2) is 9.71. The zero-order chi connectivity index (χ0) is 17.9. The van der Waals surface area contributed by atoms with Crippen molar-refractivity contribution in [2.45, 2.75) is 70.4 Å². The summed E-state index contributed by atoms with van der Waals surface area (Å²) in [5.74, 6) is 0.882. The topological polar surface area (TPSA) is 78.5 Å². The summed E-state index contributed by atoms with van der Waals surface area (Å²) in [6.07, 6.45) is 8.41. The normalized spacial score (nSPS) is 27.8. The van der Waals surface area contributed by atoms with Gasteiger partial charge in [-0.3, -0.25) is 4.79 Å². The number of carbonyl (C=O) groups excluding carboxylic acids is 1. The molecule has 1 heterocycles. The Kier molecular flexibility index (Phi) is 8.19. The molecule has 1 saturated heterocycles. The van der Waals surface area contributed by atoms with E-state index in [9.17, 15) is 13.2 Å². The Labute approximate surface area is 164 Å². The molecule has 152 valence electrons. The predicted octanol–water partition coefficient (Wildman–Crippen LogP) is 1.90. The average molecular weight is 408 g/mol. The van der Waals surface area contributed by atoms with E-state index in [0.29, 0.717) is 25.0 Å². The van der Waals surface area contributed by atoms with E-state index in [4.69, 9.17) is 0 Å². The Morgan fingerprint density at radius 1 is 0.962 bits per heavy atom. The second-order valence-corrected chi connectivity index (χ2v) is 10.1. The molecule has 26 heavy (non-hydrogen) atoms. The molecule has 3 fully saturated rings. The maximum Gasteiger partial charge on any atom is 0.239 e. The van der Waals surface area contributed by atoms with Gasteiger partial charge in [-0.05, 0) is 69.7 Å². The average Bonchev–Trinajstić information content (AvgIpc) is 3.39. The van der Waals surface area contributed by atoms with E-state index < -0.39 is 15.8 Å². The summed E-state index contributed by atoms with van der Waals surface area (Å²) in [4.78, 5) is 14.1. The molecule has 0 aromatic carbocycles. The Hall–Kier alpha value is -0.370. The van der Waals surface area contributed by atoms with Gasteiger partial charge in [0.1, 0.15) is 5.75 Å². The first kappa shape index (κ1) is 21.9. The molecule has 0 bridgehead atoms. The van der Waals surface area contributed by atoms with Crippen molar-refractivity contribution in [1.82, 2.24) is 14.9 Å². The van der Waals surface area contributed by atoms with Gasteiger partial charge in [-0.1, -0.05) is 6.92 Å². The van der Waals surface area contributed by atoms with Gasteiger partial charge in [-0.15, -0.1) is 12.4 Å².